The summed E-state index contributed by atoms with van der Waals surface area (Å²) in [6.45, 7) is 2.21. The Bertz CT molecular complexity index is 221. The summed E-state index contributed by atoms with van der Waals surface area (Å²) in [6, 6.07) is 0. The normalized spacial score (nSPS) is 21.3. The van der Waals surface area contributed by atoms with Crippen LogP contribution in [0.15, 0.2) is 0 Å². The van der Waals surface area contributed by atoms with Gasteiger partial charge in [0, 0.05) is 12.3 Å². The molecule has 1 atom stereocenters. The van der Waals surface area contributed by atoms with Crippen molar-refractivity contribution in [2.24, 2.45) is 5.92 Å². The van der Waals surface area contributed by atoms with Crippen LogP contribution in [0.25, 0.3) is 0 Å². The van der Waals surface area contributed by atoms with Crippen LogP contribution in [0, 0.1) is 5.92 Å². The van der Waals surface area contributed by atoms with Gasteiger partial charge in [0.2, 0.25) is 0 Å². The Morgan fingerprint density at radius 3 is 2.33 bits per heavy atom. The van der Waals surface area contributed by atoms with Gasteiger partial charge in [-0.3, -0.25) is 9.59 Å². The third-order valence-corrected chi connectivity index (χ3v) is 3.21. The zero-order valence-corrected chi connectivity index (χ0v) is 9.76. The molecule has 0 radical (unpaired) electrons. The van der Waals surface area contributed by atoms with E-state index in [1.807, 2.05) is 0 Å². The van der Waals surface area contributed by atoms with Gasteiger partial charge in [-0.1, -0.05) is 45.4 Å². The Hall–Kier alpha value is -0.660. The van der Waals surface area contributed by atoms with Gasteiger partial charge in [-0.15, -0.1) is 0 Å². The molecule has 0 aromatic carbocycles. The van der Waals surface area contributed by atoms with Crippen molar-refractivity contribution in [1.29, 1.82) is 0 Å². The van der Waals surface area contributed by atoms with E-state index in [1.54, 1.807) is 0 Å². The van der Waals surface area contributed by atoms with Gasteiger partial charge < -0.3 is 0 Å². The van der Waals surface area contributed by atoms with Crippen LogP contribution in [0.2, 0.25) is 0 Å². The fourth-order valence-corrected chi connectivity index (χ4v) is 2.23. The highest BCUT2D eigenvalue weighted by atomic mass is 16.2. The standard InChI is InChI=1S/C13H22O2/c1-2-3-4-5-6-7-8-11-9-12(14)10-13(11)15/h11H,2-10H2,1H3/t11-/m1/s1. The smallest absolute Gasteiger partial charge is 0.143 e. The first-order valence-electron chi connectivity index (χ1n) is 6.28. The van der Waals surface area contributed by atoms with E-state index in [0.29, 0.717) is 6.42 Å². The van der Waals surface area contributed by atoms with Crippen molar-refractivity contribution in [1.82, 2.24) is 0 Å². The van der Waals surface area contributed by atoms with E-state index in [-0.39, 0.29) is 23.9 Å². The van der Waals surface area contributed by atoms with Crippen molar-refractivity contribution in [3.63, 3.8) is 0 Å². The molecular weight excluding hydrogens is 188 g/mol. The number of carbonyl (C=O) groups excluding carboxylic acids is 2. The largest absolute Gasteiger partial charge is 0.299 e. The molecule has 0 spiro atoms. The molecule has 2 nitrogen and oxygen atoms in total. The Morgan fingerprint density at radius 2 is 1.73 bits per heavy atom. The molecule has 0 amide bonds. The molecule has 1 aliphatic rings. The van der Waals surface area contributed by atoms with E-state index < -0.39 is 0 Å². The van der Waals surface area contributed by atoms with Crippen molar-refractivity contribution in [3.05, 3.63) is 0 Å². The summed E-state index contributed by atoms with van der Waals surface area (Å²) in [5.74, 6) is 0.410. The second-order valence-electron chi connectivity index (χ2n) is 4.64. The maximum Gasteiger partial charge on any atom is 0.143 e. The highest BCUT2D eigenvalue weighted by Gasteiger charge is 2.29. The van der Waals surface area contributed by atoms with Gasteiger partial charge in [-0.05, 0) is 6.42 Å². The van der Waals surface area contributed by atoms with Gasteiger partial charge in [-0.25, -0.2) is 0 Å². The number of unbranched alkanes of at least 4 members (excludes halogenated alkanes) is 5. The second-order valence-corrected chi connectivity index (χ2v) is 4.64. The minimum atomic E-state index is 0.0728. The second kappa shape index (κ2) is 6.76. The lowest BCUT2D eigenvalue weighted by Crippen LogP contribution is -2.05. The van der Waals surface area contributed by atoms with Gasteiger partial charge in [-0.2, -0.15) is 0 Å². The fraction of sp³-hybridized carbons (Fsp3) is 0.846. The Labute approximate surface area is 92.4 Å². The molecule has 0 aliphatic heterocycles. The number of rotatable bonds is 7. The zero-order chi connectivity index (χ0) is 11.1. The molecule has 0 aromatic heterocycles. The van der Waals surface area contributed by atoms with Gasteiger partial charge in [0.15, 0.2) is 0 Å². The third-order valence-electron chi connectivity index (χ3n) is 3.21. The van der Waals surface area contributed by atoms with E-state index in [9.17, 15) is 9.59 Å². The molecule has 0 heterocycles. The summed E-state index contributed by atoms with van der Waals surface area (Å²) in [6.07, 6.45) is 9.20. The van der Waals surface area contributed by atoms with Crippen LogP contribution in [-0.4, -0.2) is 11.6 Å². The minimum absolute atomic E-state index is 0.0728. The quantitative estimate of drug-likeness (QED) is 0.477. The van der Waals surface area contributed by atoms with E-state index in [2.05, 4.69) is 6.92 Å². The van der Waals surface area contributed by atoms with Gasteiger partial charge in [0.25, 0.3) is 0 Å². The summed E-state index contributed by atoms with van der Waals surface area (Å²) in [5, 5.41) is 0. The average molecular weight is 210 g/mol. The number of carbonyl (C=O) groups is 2. The highest BCUT2D eigenvalue weighted by molar-refractivity contribution is 6.06. The predicted molar refractivity (Wildman–Crippen MR) is 60.7 cm³/mol. The van der Waals surface area contributed by atoms with Gasteiger partial charge in [0.05, 0.1) is 6.42 Å². The molecule has 86 valence electrons. The van der Waals surface area contributed by atoms with Gasteiger partial charge in [0.1, 0.15) is 11.6 Å². The summed E-state index contributed by atoms with van der Waals surface area (Å²) in [7, 11) is 0. The number of Topliss-reactive ketones (excluding diaryl/α,β-unsaturated/α-hetero) is 2. The molecule has 1 rings (SSSR count). The van der Waals surface area contributed by atoms with E-state index in [0.717, 1.165) is 12.8 Å². The summed E-state index contributed by atoms with van der Waals surface area (Å²) >= 11 is 0. The summed E-state index contributed by atoms with van der Waals surface area (Å²) < 4.78 is 0. The minimum Gasteiger partial charge on any atom is -0.299 e. The molecule has 0 aromatic rings. The SMILES string of the molecule is CCCCCCCC[C@@H]1CC(=O)CC1=O. The highest BCUT2D eigenvalue weighted by Crippen LogP contribution is 2.24. The summed E-state index contributed by atoms with van der Waals surface area (Å²) in [4.78, 5) is 22.3. The molecule has 0 bridgehead atoms. The molecule has 15 heavy (non-hydrogen) atoms. The van der Waals surface area contributed by atoms with Crippen LogP contribution < -0.4 is 0 Å². The Morgan fingerprint density at radius 1 is 1.07 bits per heavy atom. The number of hydrogen-bond donors (Lipinski definition) is 0. The molecular formula is C13H22O2. The molecule has 0 saturated heterocycles. The van der Waals surface area contributed by atoms with Crippen LogP contribution in [-0.2, 0) is 9.59 Å². The first-order chi connectivity index (χ1) is 7.24. The number of hydrogen-bond acceptors (Lipinski definition) is 2. The lowest BCUT2D eigenvalue weighted by molar-refractivity contribution is -0.122. The third kappa shape index (κ3) is 4.59. The topological polar surface area (TPSA) is 34.1 Å². The first-order valence-corrected chi connectivity index (χ1v) is 6.28. The van der Waals surface area contributed by atoms with Crippen LogP contribution in [0.5, 0.6) is 0 Å². The van der Waals surface area contributed by atoms with Crippen LogP contribution in [0.1, 0.15) is 64.7 Å². The molecule has 2 heteroatoms. The maximum atomic E-state index is 11.3. The molecule has 0 unspecified atom stereocenters. The van der Waals surface area contributed by atoms with E-state index in [4.69, 9.17) is 0 Å². The molecule has 1 fully saturated rings. The molecule has 1 aliphatic carbocycles. The monoisotopic (exact) mass is 210 g/mol. The maximum absolute atomic E-state index is 11.3. The zero-order valence-electron chi connectivity index (χ0n) is 9.76. The fourth-order valence-electron chi connectivity index (χ4n) is 2.23. The lowest BCUT2D eigenvalue weighted by Gasteiger charge is -2.05. The van der Waals surface area contributed by atoms with Crippen LogP contribution in [0.4, 0.5) is 0 Å². The molecule has 1 saturated carbocycles. The lowest BCUT2D eigenvalue weighted by atomic mass is 9.98. The van der Waals surface area contributed by atoms with Crippen LogP contribution >= 0.6 is 0 Å². The summed E-state index contributed by atoms with van der Waals surface area (Å²) in [5.41, 5.74) is 0. The Kier molecular flexibility index (Phi) is 5.59. The average Bonchev–Trinajstić information content (AvgIpc) is 2.51. The van der Waals surface area contributed by atoms with Crippen molar-refractivity contribution in [2.45, 2.75) is 64.7 Å². The van der Waals surface area contributed by atoms with Crippen molar-refractivity contribution in [2.75, 3.05) is 0 Å². The number of ketones is 2. The van der Waals surface area contributed by atoms with E-state index >= 15 is 0 Å². The first kappa shape index (κ1) is 12.4. The van der Waals surface area contributed by atoms with E-state index in [1.165, 1.54) is 32.1 Å². The van der Waals surface area contributed by atoms with Gasteiger partial charge >= 0.3 is 0 Å². The van der Waals surface area contributed by atoms with Crippen LogP contribution in [0.3, 0.4) is 0 Å². The molecule has 0 N–H and O–H groups in total. The van der Waals surface area contributed by atoms with Crippen molar-refractivity contribution in [3.8, 4) is 0 Å². The van der Waals surface area contributed by atoms with Crippen molar-refractivity contribution < 1.29 is 9.59 Å². The predicted octanol–water partition coefficient (Wildman–Crippen LogP) is 3.29. The van der Waals surface area contributed by atoms with Crippen molar-refractivity contribution >= 4 is 11.6 Å². The Balaban J connectivity index is 2.00.